The second-order valence-electron chi connectivity index (χ2n) is 7.62. The minimum absolute atomic E-state index is 0.00937. The Hall–Kier alpha value is -2.60. The van der Waals surface area contributed by atoms with E-state index < -0.39 is 17.8 Å². The van der Waals surface area contributed by atoms with E-state index >= 15 is 0 Å². The van der Waals surface area contributed by atoms with Gasteiger partial charge in [-0.25, -0.2) is 0 Å². The van der Waals surface area contributed by atoms with Crippen LogP contribution in [-0.2, 0) is 16.1 Å². The summed E-state index contributed by atoms with van der Waals surface area (Å²) < 4.78 is 1.81. The summed E-state index contributed by atoms with van der Waals surface area (Å²) in [7, 11) is 0. The molecule has 2 aromatic rings. The first-order valence-corrected chi connectivity index (χ1v) is 9.74. The van der Waals surface area contributed by atoms with Crippen molar-refractivity contribution in [3.8, 4) is 0 Å². The molecule has 2 N–H and O–H groups in total. The van der Waals surface area contributed by atoms with Gasteiger partial charge < -0.3 is 10.4 Å². The molecule has 0 spiro atoms. The zero-order chi connectivity index (χ0) is 20.0. The van der Waals surface area contributed by atoms with Gasteiger partial charge in [-0.3, -0.25) is 14.3 Å². The number of aliphatic carboxylic acids is 1. The lowest BCUT2D eigenvalue weighted by atomic mass is 9.82. The largest absolute Gasteiger partial charge is 0.481 e. The molecule has 1 fully saturated rings. The monoisotopic (exact) mass is 399 g/mol. The van der Waals surface area contributed by atoms with Gasteiger partial charge in [-0.15, -0.1) is 0 Å². The molecule has 0 unspecified atom stereocenters. The Kier molecular flexibility index (Phi) is 4.75. The van der Waals surface area contributed by atoms with Gasteiger partial charge in [0.05, 0.1) is 35.5 Å². The molecule has 146 valence electrons. The third-order valence-electron chi connectivity index (χ3n) is 5.95. The summed E-state index contributed by atoms with van der Waals surface area (Å²) in [6.07, 6.45) is 4.65. The standard InChI is InChI=1S/C21H22ClN3O3/c1-11-19(12(2)25(24-11)10-15-5-3-4-6-16(15)22)23-20(26)17-13-7-8-14(9-13)18(17)21(27)28/h3-8,13-14,17-18H,9-10H2,1-2H3,(H,23,26)(H,27,28)/t13-,14+,17+,18+/m1/s1. The molecule has 0 aliphatic heterocycles. The van der Waals surface area contributed by atoms with Crippen molar-refractivity contribution in [3.05, 3.63) is 58.4 Å². The Labute approximate surface area is 168 Å². The number of carbonyl (C=O) groups excluding carboxylic acids is 1. The van der Waals surface area contributed by atoms with Crippen LogP contribution in [0.15, 0.2) is 36.4 Å². The zero-order valence-electron chi connectivity index (χ0n) is 15.7. The number of carbonyl (C=O) groups is 2. The minimum atomic E-state index is -0.903. The van der Waals surface area contributed by atoms with E-state index in [9.17, 15) is 14.7 Å². The fourth-order valence-corrected chi connectivity index (χ4v) is 4.74. The number of anilines is 1. The van der Waals surface area contributed by atoms with Gasteiger partial charge in [-0.05, 0) is 43.7 Å². The fourth-order valence-electron chi connectivity index (χ4n) is 4.54. The van der Waals surface area contributed by atoms with E-state index in [1.807, 2.05) is 54.9 Å². The van der Waals surface area contributed by atoms with Crippen LogP contribution in [0.3, 0.4) is 0 Å². The number of nitrogens with one attached hydrogen (secondary N) is 1. The van der Waals surface area contributed by atoms with Crippen LogP contribution in [0.1, 0.15) is 23.4 Å². The first kappa shape index (κ1) is 18.7. The summed E-state index contributed by atoms with van der Waals surface area (Å²) in [5, 5.41) is 17.7. The number of allylic oxidation sites excluding steroid dienone is 2. The summed E-state index contributed by atoms with van der Waals surface area (Å²) in [6, 6.07) is 7.57. The fraction of sp³-hybridized carbons (Fsp3) is 0.381. The predicted octanol–water partition coefficient (Wildman–Crippen LogP) is 3.66. The number of nitrogens with zero attached hydrogens (tertiary/aromatic N) is 2. The molecule has 7 heteroatoms. The van der Waals surface area contributed by atoms with E-state index in [0.29, 0.717) is 22.9 Å². The maximum atomic E-state index is 13.0. The van der Waals surface area contributed by atoms with Crippen molar-refractivity contribution in [2.75, 3.05) is 5.32 Å². The smallest absolute Gasteiger partial charge is 0.307 e. The van der Waals surface area contributed by atoms with E-state index in [1.54, 1.807) is 0 Å². The molecule has 0 saturated heterocycles. The highest BCUT2D eigenvalue weighted by Crippen LogP contribution is 2.48. The molecule has 4 rings (SSSR count). The number of aromatic nitrogens is 2. The topological polar surface area (TPSA) is 84.2 Å². The van der Waals surface area contributed by atoms with Crippen LogP contribution < -0.4 is 5.32 Å². The number of halogens is 1. The van der Waals surface area contributed by atoms with Gasteiger partial charge in [0, 0.05) is 5.02 Å². The molecule has 1 aromatic carbocycles. The molecule has 28 heavy (non-hydrogen) atoms. The first-order chi connectivity index (χ1) is 13.4. The normalized spacial score (nSPS) is 25.2. The van der Waals surface area contributed by atoms with Crippen LogP contribution >= 0.6 is 11.6 Å². The Bertz CT molecular complexity index is 981. The van der Waals surface area contributed by atoms with Crippen molar-refractivity contribution < 1.29 is 14.7 Å². The van der Waals surface area contributed by atoms with Gasteiger partial charge in [-0.1, -0.05) is 42.0 Å². The Morgan fingerprint density at radius 2 is 1.89 bits per heavy atom. The Morgan fingerprint density at radius 1 is 1.21 bits per heavy atom. The van der Waals surface area contributed by atoms with Gasteiger partial charge in [0.15, 0.2) is 0 Å². The van der Waals surface area contributed by atoms with Gasteiger partial charge >= 0.3 is 5.97 Å². The average molecular weight is 400 g/mol. The number of rotatable bonds is 5. The van der Waals surface area contributed by atoms with Crippen molar-refractivity contribution >= 4 is 29.2 Å². The average Bonchev–Trinajstić information content (AvgIpc) is 3.33. The number of amides is 1. The molecular weight excluding hydrogens is 378 g/mol. The lowest BCUT2D eigenvalue weighted by molar-refractivity contribution is -0.146. The van der Waals surface area contributed by atoms with E-state index in [-0.39, 0.29) is 17.7 Å². The van der Waals surface area contributed by atoms with Crippen LogP contribution in [0.25, 0.3) is 0 Å². The molecule has 6 nitrogen and oxygen atoms in total. The molecular formula is C21H22ClN3O3. The molecule has 4 atom stereocenters. The third-order valence-corrected chi connectivity index (χ3v) is 6.32. The van der Waals surface area contributed by atoms with Crippen LogP contribution in [0.4, 0.5) is 5.69 Å². The highest BCUT2D eigenvalue weighted by Gasteiger charge is 2.51. The second kappa shape index (κ2) is 7.09. The molecule has 2 aliphatic carbocycles. The Balaban J connectivity index is 1.56. The van der Waals surface area contributed by atoms with Crippen molar-refractivity contribution in [2.45, 2.75) is 26.8 Å². The predicted molar refractivity (Wildman–Crippen MR) is 106 cm³/mol. The van der Waals surface area contributed by atoms with Crippen LogP contribution in [0, 0.1) is 37.5 Å². The third kappa shape index (κ3) is 3.11. The molecule has 1 aromatic heterocycles. The number of benzene rings is 1. The van der Waals surface area contributed by atoms with Gasteiger partial charge in [0.1, 0.15) is 0 Å². The van der Waals surface area contributed by atoms with E-state index in [1.165, 1.54) is 0 Å². The summed E-state index contributed by atoms with van der Waals surface area (Å²) >= 11 is 6.25. The minimum Gasteiger partial charge on any atom is -0.481 e. The van der Waals surface area contributed by atoms with Crippen molar-refractivity contribution in [2.24, 2.45) is 23.7 Å². The lowest BCUT2D eigenvalue weighted by Gasteiger charge is -2.23. The highest BCUT2D eigenvalue weighted by atomic mass is 35.5. The number of fused-ring (bicyclic) bond motifs is 2. The van der Waals surface area contributed by atoms with Crippen LogP contribution in [0.5, 0.6) is 0 Å². The van der Waals surface area contributed by atoms with Crippen LogP contribution in [0.2, 0.25) is 5.02 Å². The van der Waals surface area contributed by atoms with Gasteiger partial charge in [-0.2, -0.15) is 5.10 Å². The number of hydrogen-bond acceptors (Lipinski definition) is 3. The van der Waals surface area contributed by atoms with Crippen molar-refractivity contribution in [1.82, 2.24) is 9.78 Å². The van der Waals surface area contributed by atoms with Gasteiger partial charge in [0.25, 0.3) is 0 Å². The maximum absolute atomic E-state index is 13.0. The molecule has 2 aliphatic rings. The van der Waals surface area contributed by atoms with Crippen LogP contribution in [-0.4, -0.2) is 26.8 Å². The molecule has 1 heterocycles. The summed E-state index contributed by atoms with van der Waals surface area (Å²) in [5.41, 5.74) is 3.10. The summed E-state index contributed by atoms with van der Waals surface area (Å²) in [5.74, 6) is -2.41. The van der Waals surface area contributed by atoms with Crippen molar-refractivity contribution in [1.29, 1.82) is 0 Å². The quantitative estimate of drug-likeness (QED) is 0.751. The summed E-state index contributed by atoms with van der Waals surface area (Å²) in [4.78, 5) is 24.7. The maximum Gasteiger partial charge on any atom is 0.307 e. The van der Waals surface area contributed by atoms with E-state index in [4.69, 9.17) is 11.6 Å². The highest BCUT2D eigenvalue weighted by molar-refractivity contribution is 6.31. The SMILES string of the molecule is Cc1nn(Cc2ccccc2Cl)c(C)c1NC(=O)[C@@H]1[C@@H](C(=O)O)[C@H]2C=C[C@@H]1C2. The molecule has 0 radical (unpaired) electrons. The van der Waals surface area contributed by atoms with Gasteiger partial charge in [0.2, 0.25) is 5.91 Å². The number of aryl methyl sites for hydroxylation is 1. The second-order valence-corrected chi connectivity index (χ2v) is 8.03. The molecule has 2 bridgehead atoms. The number of hydrogen-bond donors (Lipinski definition) is 2. The lowest BCUT2D eigenvalue weighted by Crippen LogP contribution is -2.36. The van der Waals surface area contributed by atoms with Crippen molar-refractivity contribution in [3.63, 3.8) is 0 Å². The van der Waals surface area contributed by atoms with E-state index in [2.05, 4.69) is 10.4 Å². The summed E-state index contributed by atoms with van der Waals surface area (Å²) in [6.45, 7) is 4.22. The number of carboxylic acids is 1. The molecule has 1 amide bonds. The first-order valence-electron chi connectivity index (χ1n) is 9.36. The number of carboxylic acid groups (broad SMARTS) is 1. The van der Waals surface area contributed by atoms with E-state index in [0.717, 1.165) is 17.7 Å². The zero-order valence-corrected chi connectivity index (χ0v) is 16.5. The molecule has 1 saturated carbocycles. The Morgan fingerprint density at radius 3 is 2.57 bits per heavy atom.